The Morgan fingerprint density at radius 2 is 1.82 bits per heavy atom. The number of halogens is 1. The summed E-state index contributed by atoms with van der Waals surface area (Å²) in [6.07, 6.45) is 0.720. The largest absolute Gasteiger partial charge is 0.385 e. The number of sulfone groups is 1. The highest BCUT2D eigenvalue weighted by Crippen LogP contribution is 2.31. The summed E-state index contributed by atoms with van der Waals surface area (Å²) in [4.78, 5) is 12.3. The molecule has 2 rings (SSSR count). The van der Waals surface area contributed by atoms with Crippen molar-refractivity contribution in [3.05, 3.63) is 52.5 Å². The van der Waals surface area contributed by atoms with Crippen molar-refractivity contribution in [2.75, 3.05) is 32.1 Å². The second-order valence-electron chi connectivity index (χ2n) is 6.44. The molecule has 28 heavy (non-hydrogen) atoms. The van der Waals surface area contributed by atoms with Gasteiger partial charge in [0, 0.05) is 31.0 Å². The first kappa shape index (κ1) is 22.2. The lowest BCUT2D eigenvalue weighted by molar-refractivity contribution is -0.119. The quantitative estimate of drug-likeness (QED) is 0.603. The Morgan fingerprint density at radius 3 is 2.46 bits per heavy atom. The Labute approximate surface area is 171 Å². The normalized spacial score (nSPS) is 11.3. The van der Waals surface area contributed by atoms with Gasteiger partial charge in [-0.2, -0.15) is 0 Å². The van der Waals surface area contributed by atoms with Crippen molar-refractivity contribution in [1.29, 1.82) is 0 Å². The Morgan fingerprint density at radius 1 is 1.14 bits per heavy atom. The van der Waals surface area contributed by atoms with Crippen LogP contribution in [0.5, 0.6) is 0 Å². The lowest BCUT2D eigenvalue weighted by Crippen LogP contribution is -2.31. The number of aryl methyl sites for hydroxylation is 1. The third-order valence-electron chi connectivity index (χ3n) is 4.23. The number of rotatable bonds is 9. The lowest BCUT2D eigenvalue weighted by atomic mass is 10.2. The maximum Gasteiger partial charge on any atom is 0.239 e. The van der Waals surface area contributed by atoms with E-state index < -0.39 is 9.84 Å². The van der Waals surface area contributed by atoms with Gasteiger partial charge in [-0.15, -0.1) is 0 Å². The summed E-state index contributed by atoms with van der Waals surface area (Å²) in [6.45, 7) is 4.68. The van der Waals surface area contributed by atoms with Crippen molar-refractivity contribution in [3.63, 3.8) is 0 Å². The molecule has 152 valence electrons. The van der Waals surface area contributed by atoms with Gasteiger partial charge in [-0.1, -0.05) is 29.3 Å². The van der Waals surface area contributed by atoms with Gasteiger partial charge in [0.1, 0.15) is 0 Å². The molecule has 0 aliphatic rings. The lowest BCUT2D eigenvalue weighted by Gasteiger charge is -2.15. The molecular formula is C20H25ClN2O4S. The van der Waals surface area contributed by atoms with Gasteiger partial charge in [-0.3, -0.25) is 4.79 Å². The summed E-state index contributed by atoms with van der Waals surface area (Å²) in [7, 11) is -2.12. The van der Waals surface area contributed by atoms with Gasteiger partial charge < -0.3 is 15.4 Å². The van der Waals surface area contributed by atoms with E-state index in [0.29, 0.717) is 24.4 Å². The topological polar surface area (TPSA) is 84.5 Å². The SMILES string of the molecule is COCCCNC(=O)CNc1cc(Cl)cc(S(=O)(=O)c2ccc(C)cc2)c1C. The van der Waals surface area contributed by atoms with Crippen LogP contribution in [0.4, 0.5) is 5.69 Å². The summed E-state index contributed by atoms with van der Waals surface area (Å²) >= 11 is 6.16. The van der Waals surface area contributed by atoms with E-state index in [2.05, 4.69) is 10.6 Å². The highest BCUT2D eigenvalue weighted by Gasteiger charge is 2.22. The maximum absolute atomic E-state index is 13.0. The fourth-order valence-electron chi connectivity index (χ4n) is 2.64. The average molecular weight is 425 g/mol. The zero-order valence-electron chi connectivity index (χ0n) is 16.2. The van der Waals surface area contributed by atoms with E-state index in [1.165, 1.54) is 6.07 Å². The van der Waals surface area contributed by atoms with E-state index in [1.54, 1.807) is 44.4 Å². The van der Waals surface area contributed by atoms with Crippen molar-refractivity contribution in [2.45, 2.75) is 30.1 Å². The molecule has 0 fully saturated rings. The van der Waals surface area contributed by atoms with Crippen molar-refractivity contribution in [1.82, 2.24) is 5.32 Å². The molecule has 0 aliphatic heterocycles. The van der Waals surface area contributed by atoms with Gasteiger partial charge in [0.05, 0.1) is 16.3 Å². The minimum atomic E-state index is -3.73. The molecule has 0 saturated carbocycles. The second-order valence-corrected chi connectivity index (χ2v) is 8.80. The van der Waals surface area contributed by atoms with E-state index in [4.69, 9.17) is 16.3 Å². The van der Waals surface area contributed by atoms with Crippen LogP contribution in [-0.2, 0) is 19.4 Å². The smallest absolute Gasteiger partial charge is 0.239 e. The fraction of sp³-hybridized carbons (Fsp3) is 0.350. The Bertz CT molecular complexity index is 928. The van der Waals surface area contributed by atoms with Crippen LogP contribution in [0, 0.1) is 13.8 Å². The first-order chi connectivity index (χ1) is 13.3. The summed E-state index contributed by atoms with van der Waals surface area (Å²) < 4.78 is 31.0. The maximum atomic E-state index is 13.0. The summed E-state index contributed by atoms with van der Waals surface area (Å²) in [5, 5.41) is 6.02. The monoisotopic (exact) mass is 424 g/mol. The number of ether oxygens (including phenoxy) is 1. The number of amides is 1. The standard InChI is InChI=1S/C20H25ClN2O4S/c1-14-5-7-17(8-6-14)28(25,26)19-12-16(21)11-18(15(19)2)23-13-20(24)22-9-4-10-27-3/h5-8,11-12,23H,4,9-10,13H2,1-3H3,(H,22,24). The van der Waals surface area contributed by atoms with Crippen LogP contribution >= 0.6 is 11.6 Å². The number of nitrogens with one attached hydrogen (secondary N) is 2. The molecule has 0 atom stereocenters. The van der Waals surface area contributed by atoms with Crippen LogP contribution in [0.25, 0.3) is 0 Å². The summed E-state index contributed by atoms with van der Waals surface area (Å²) in [5.74, 6) is -0.196. The molecule has 2 N–H and O–H groups in total. The number of benzene rings is 2. The molecule has 0 aliphatic carbocycles. The van der Waals surface area contributed by atoms with E-state index in [9.17, 15) is 13.2 Å². The highest BCUT2D eigenvalue weighted by molar-refractivity contribution is 7.91. The van der Waals surface area contributed by atoms with Gasteiger partial charge >= 0.3 is 0 Å². The molecule has 0 saturated heterocycles. The van der Waals surface area contributed by atoms with Crippen LogP contribution in [0.15, 0.2) is 46.2 Å². The van der Waals surface area contributed by atoms with Gasteiger partial charge in [-0.05, 0) is 50.1 Å². The first-order valence-corrected chi connectivity index (χ1v) is 10.7. The zero-order chi connectivity index (χ0) is 20.7. The highest BCUT2D eigenvalue weighted by atomic mass is 35.5. The predicted octanol–water partition coefficient (Wildman–Crippen LogP) is 3.35. The van der Waals surface area contributed by atoms with E-state index in [0.717, 1.165) is 12.0 Å². The predicted molar refractivity (Wildman–Crippen MR) is 111 cm³/mol. The third-order valence-corrected chi connectivity index (χ3v) is 6.35. The Balaban J connectivity index is 2.19. The average Bonchev–Trinajstić information content (AvgIpc) is 2.66. The summed E-state index contributed by atoms with van der Waals surface area (Å²) in [5.41, 5.74) is 1.99. The van der Waals surface area contributed by atoms with Crippen LogP contribution in [0.3, 0.4) is 0 Å². The molecule has 0 radical (unpaired) electrons. The molecular weight excluding hydrogens is 400 g/mol. The van der Waals surface area contributed by atoms with Gasteiger partial charge in [-0.25, -0.2) is 8.42 Å². The van der Waals surface area contributed by atoms with E-state index >= 15 is 0 Å². The molecule has 0 bridgehead atoms. The molecule has 0 aromatic heterocycles. The summed E-state index contributed by atoms with van der Waals surface area (Å²) in [6, 6.07) is 9.70. The molecule has 2 aromatic carbocycles. The van der Waals surface area contributed by atoms with Crippen LogP contribution in [0.2, 0.25) is 5.02 Å². The Kier molecular flexibility index (Phi) is 7.86. The number of carbonyl (C=O) groups is 1. The third kappa shape index (κ3) is 5.70. The van der Waals surface area contributed by atoms with Gasteiger partial charge in [0.15, 0.2) is 0 Å². The molecule has 0 heterocycles. The van der Waals surface area contributed by atoms with Crippen LogP contribution in [-0.4, -0.2) is 41.1 Å². The van der Waals surface area contributed by atoms with E-state index in [-0.39, 0.29) is 27.3 Å². The van der Waals surface area contributed by atoms with Crippen molar-refractivity contribution in [2.24, 2.45) is 0 Å². The number of hydrogen-bond acceptors (Lipinski definition) is 5. The fourth-order valence-corrected chi connectivity index (χ4v) is 4.47. The molecule has 8 heteroatoms. The van der Waals surface area contributed by atoms with Gasteiger partial charge in [0.25, 0.3) is 0 Å². The van der Waals surface area contributed by atoms with Crippen LogP contribution in [0.1, 0.15) is 17.5 Å². The van der Waals surface area contributed by atoms with Gasteiger partial charge in [0.2, 0.25) is 15.7 Å². The molecule has 1 amide bonds. The van der Waals surface area contributed by atoms with Crippen LogP contribution < -0.4 is 10.6 Å². The van der Waals surface area contributed by atoms with Crippen molar-refractivity contribution >= 4 is 33.0 Å². The van der Waals surface area contributed by atoms with E-state index in [1.807, 2.05) is 6.92 Å². The first-order valence-electron chi connectivity index (χ1n) is 8.87. The van der Waals surface area contributed by atoms with Crippen molar-refractivity contribution in [3.8, 4) is 0 Å². The van der Waals surface area contributed by atoms with Crippen molar-refractivity contribution < 1.29 is 17.9 Å². The Hall–Kier alpha value is -2.09. The molecule has 2 aromatic rings. The molecule has 6 nitrogen and oxygen atoms in total. The number of anilines is 1. The minimum Gasteiger partial charge on any atom is -0.385 e. The second kappa shape index (κ2) is 9.91. The number of hydrogen-bond donors (Lipinski definition) is 2. The number of methoxy groups -OCH3 is 1. The minimum absolute atomic E-state index is 0.0121. The molecule has 0 unspecified atom stereocenters. The number of carbonyl (C=O) groups excluding carboxylic acids is 1. The zero-order valence-corrected chi connectivity index (χ0v) is 17.8. The molecule has 0 spiro atoms.